The van der Waals surface area contributed by atoms with Gasteiger partial charge < -0.3 is 13.3 Å². The lowest BCUT2D eigenvalue weighted by Gasteiger charge is -2.11. The van der Waals surface area contributed by atoms with Gasteiger partial charge in [-0.05, 0) is 53.1 Å². The summed E-state index contributed by atoms with van der Waals surface area (Å²) in [5.74, 6) is 1.72. The van der Waals surface area contributed by atoms with Crippen LogP contribution < -0.4 is 0 Å². The summed E-state index contributed by atoms with van der Waals surface area (Å²) in [4.78, 5) is 15.2. The fourth-order valence-electron chi connectivity index (χ4n) is 8.21. The number of nitrogens with zero attached hydrogens (tertiary/aromatic N) is 3. The van der Waals surface area contributed by atoms with E-state index in [2.05, 4.69) is 91.0 Å². The van der Waals surface area contributed by atoms with Crippen LogP contribution in [-0.4, -0.2) is 15.0 Å². The highest BCUT2D eigenvalue weighted by Gasteiger charge is 2.19. The number of fused-ring (bicyclic) bond motifs is 9. The zero-order valence-corrected chi connectivity index (χ0v) is 30.3. The molecule has 0 atom stereocenters. The van der Waals surface area contributed by atoms with Crippen molar-refractivity contribution in [2.45, 2.75) is 0 Å². The maximum Gasteiger partial charge on any atom is 0.167 e. The normalized spacial score (nSPS) is 11.9. The maximum absolute atomic E-state index is 6.61. The molecule has 12 aromatic rings. The zero-order chi connectivity index (χ0) is 37.5. The van der Waals surface area contributed by atoms with Crippen LogP contribution in [0.2, 0.25) is 0 Å². The molecule has 4 aromatic heterocycles. The molecule has 0 aliphatic rings. The molecule has 0 spiro atoms. The van der Waals surface area contributed by atoms with E-state index in [1.54, 1.807) is 0 Å². The van der Waals surface area contributed by atoms with Gasteiger partial charge in [0.2, 0.25) is 0 Å². The molecule has 0 saturated heterocycles. The first-order valence-electron chi connectivity index (χ1n) is 18.9. The second kappa shape index (κ2) is 12.3. The van der Waals surface area contributed by atoms with Gasteiger partial charge in [-0.1, -0.05) is 133 Å². The second-order valence-corrected chi connectivity index (χ2v) is 14.3. The Morgan fingerprint density at radius 3 is 1.53 bits per heavy atom. The number of aromatic nitrogens is 3. The molecule has 6 nitrogen and oxygen atoms in total. The van der Waals surface area contributed by atoms with Crippen molar-refractivity contribution in [2.24, 2.45) is 0 Å². The van der Waals surface area contributed by atoms with Crippen molar-refractivity contribution < 1.29 is 13.3 Å². The lowest BCUT2D eigenvalue weighted by atomic mass is 9.96. The second-order valence-electron chi connectivity index (χ2n) is 14.3. The summed E-state index contributed by atoms with van der Waals surface area (Å²) in [5, 5.41) is 6.40. The van der Waals surface area contributed by atoms with Gasteiger partial charge in [0.1, 0.15) is 33.5 Å². The van der Waals surface area contributed by atoms with E-state index in [1.807, 2.05) is 84.9 Å². The minimum Gasteiger partial charge on any atom is -0.456 e. The van der Waals surface area contributed by atoms with Crippen LogP contribution in [0, 0.1) is 0 Å². The topological polar surface area (TPSA) is 78.1 Å². The first kappa shape index (κ1) is 31.5. The predicted molar refractivity (Wildman–Crippen MR) is 229 cm³/mol. The van der Waals surface area contributed by atoms with Crippen LogP contribution in [0.3, 0.4) is 0 Å². The third-order valence-electron chi connectivity index (χ3n) is 10.9. The molecule has 57 heavy (non-hydrogen) atoms. The quantitative estimate of drug-likeness (QED) is 0.175. The molecular formula is C51H29N3O3. The highest BCUT2D eigenvalue weighted by atomic mass is 16.3. The van der Waals surface area contributed by atoms with Crippen LogP contribution in [0.5, 0.6) is 0 Å². The van der Waals surface area contributed by atoms with Gasteiger partial charge in [0, 0.05) is 55.1 Å². The van der Waals surface area contributed by atoms with E-state index in [4.69, 9.17) is 28.2 Å². The average molecular weight is 732 g/mol. The summed E-state index contributed by atoms with van der Waals surface area (Å²) in [7, 11) is 0. The van der Waals surface area contributed by atoms with Gasteiger partial charge >= 0.3 is 0 Å². The van der Waals surface area contributed by atoms with Crippen LogP contribution in [0.4, 0.5) is 0 Å². The molecule has 6 heteroatoms. The molecule has 0 unspecified atom stereocenters. The highest BCUT2D eigenvalue weighted by Crippen LogP contribution is 2.41. The molecule has 0 radical (unpaired) electrons. The average Bonchev–Trinajstić information content (AvgIpc) is 3.96. The Bertz CT molecular complexity index is 3540. The van der Waals surface area contributed by atoms with Crippen LogP contribution in [0.1, 0.15) is 0 Å². The predicted octanol–water partition coefficient (Wildman–Crippen LogP) is 13.9. The molecule has 266 valence electrons. The summed E-state index contributed by atoms with van der Waals surface area (Å²) in [6.45, 7) is 0. The number of hydrogen-bond donors (Lipinski definition) is 0. The van der Waals surface area contributed by atoms with E-state index < -0.39 is 0 Å². The smallest absolute Gasteiger partial charge is 0.167 e. The standard InChI is InChI=1S/C51H29N3O3/c1-2-12-30(13-3-1)49-52-50(54-51(53-49)40-23-11-21-38-36-18-4-7-25-44(36)56-48(38)40)34-17-9-15-32(27-34)31-14-8-16-33(26-31)35-20-10-22-39-42-28-41-37-19-5-6-24-43(37)55-45(41)29-46(42)57-47(35)39/h1-29H. The van der Waals surface area contributed by atoms with Crippen molar-refractivity contribution in [3.8, 4) is 56.4 Å². The Kier molecular flexibility index (Phi) is 6.83. The van der Waals surface area contributed by atoms with Crippen LogP contribution in [-0.2, 0) is 0 Å². The minimum absolute atomic E-state index is 0.552. The number of benzene rings is 8. The molecular weight excluding hydrogens is 703 g/mol. The molecule has 8 aromatic carbocycles. The van der Waals surface area contributed by atoms with E-state index >= 15 is 0 Å². The van der Waals surface area contributed by atoms with Crippen LogP contribution in [0.15, 0.2) is 189 Å². The molecule has 0 N–H and O–H groups in total. The Hall–Kier alpha value is -7.83. The van der Waals surface area contributed by atoms with Gasteiger partial charge in [0.25, 0.3) is 0 Å². The van der Waals surface area contributed by atoms with E-state index in [0.29, 0.717) is 17.5 Å². The zero-order valence-electron chi connectivity index (χ0n) is 30.3. The molecule has 0 bridgehead atoms. The molecule has 0 saturated carbocycles. The number of para-hydroxylation sites is 4. The van der Waals surface area contributed by atoms with Gasteiger partial charge in [0.05, 0.1) is 5.56 Å². The first-order chi connectivity index (χ1) is 28.2. The Balaban J connectivity index is 0.968. The van der Waals surface area contributed by atoms with E-state index in [-0.39, 0.29) is 0 Å². The van der Waals surface area contributed by atoms with Gasteiger partial charge in [0.15, 0.2) is 17.5 Å². The molecule has 0 aliphatic heterocycles. The number of furan rings is 3. The third kappa shape index (κ3) is 5.08. The minimum atomic E-state index is 0.552. The highest BCUT2D eigenvalue weighted by molar-refractivity contribution is 6.17. The van der Waals surface area contributed by atoms with Crippen LogP contribution >= 0.6 is 0 Å². The summed E-state index contributed by atoms with van der Waals surface area (Å²) in [6, 6.07) is 59.9. The van der Waals surface area contributed by atoms with Gasteiger partial charge in [-0.2, -0.15) is 0 Å². The molecule has 0 fully saturated rings. The van der Waals surface area contributed by atoms with E-state index in [9.17, 15) is 0 Å². The Morgan fingerprint density at radius 1 is 0.263 bits per heavy atom. The van der Waals surface area contributed by atoms with E-state index in [1.165, 1.54) is 0 Å². The number of hydrogen-bond acceptors (Lipinski definition) is 6. The van der Waals surface area contributed by atoms with Gasteiger partial charge in [-0.15, -0.1) is 0 Å². The summed E-state index contributed by atoms with van der Waals surface area (Å²) < 4.78 is 19.2. The third-order valence-corrected chi connectivity index (χ3v) is 10.9. The van der Waals surface area contributed by atoms with Gasteiger partial charge in [-0.25, -0.2) is 15.0 Å². The van der Waals surface area contributed by atoms with Gasteiger partial charge in [-0.3, -0.25) is 0 Å². The largest absolute Gasteiger partial charge is 0.456 e. The van der Waals surface area contributed by atoms with Crippen molar-refractivity contribution in [2.75, 3.05) is 0 Å². The monoisotopic (exact) mass is 731 g/mol. The SMILES string of the molecule is c1ccc(-c2nc(-c3cccc(-c4cccc(-c5cccc6c5oc5cc7oc8ccccc8c7cc56)c4)c3)nc(-c3cccc4c3oc3ccccc34)n2)cc1. The molecule has 0 amide bonds. The summed E-state index contributed by atoms with van der Waals surface area (Å²) in [5.41, 5.74) is 11.7. The Morgan fingerprint density at radius 2 is 0.737 bits per heavy atom. The lowest BCUT2D eigenvalue weighted by molar-refractivity contribution is 0.656. The molecule has 12 rings (SSSR count). The van der Waals surface area contributed by atoms with Crippen molar-refractivity contribution >= 4 is 65.8 Å². The van der Waals surface area contributed by atoms with Crippen LogP contribution in [0.25, 0.3) is 122 Å². The summed E-state index contributed by atoms with van der Waals surface area (Å²) >= 11 is 0. The maximum atomic E-state index is 6.61. The van der Waals surface area contributed by atoms with E-state index in [0.717, 1.165) is 105 Å². The summed E-state index contributed by atoms with van der Waals surface area (Å²) in [6.07, 6.45) is 0. The molecule has 4 heterocycles. The van der Waals surface area contributed by atoms with Crippen molar-refractivity contribution in [1.29, 1.82) is 0 Å². The fraction of sp³-hybridized carbons (Fsp3) is 0. The fourth-order valence-corrected chi connectivity index (χ4v) is 8.21. The van der Waals surface area contributed by atoms with Crippen molar-refractivity contribution in [3.63, 3.8) is 0 Å². The van der Waals surface area contributed by atoms with Crippen molar-refractivity contribution in [3.05, 3.63) is 176 Å². The lowest BCUT2D eigenvalue weighted by Crippen LogP contribution is -2.00. The number of rotatable bonds is 5. The Labute approximate surface area is 325 Å². The first-order valence-corrected chi connectivity index (χ1v) is 18.9. The van der Waals surface area contributed by atoms with Crippen molar-refractivity contribution in [1.82, 2.24) is 15.0 Å². The molecule has 0 aliphatic carbocycles.